The van der Waals surface area contributed by atoms with Crippen LogP contribution < -0.4 is 0 Å². The second kappa shape index (κ2) is 20.5. The predicted molar refractivity (Wildman–Crippen MR) is 358 cm³/mol. The van der Waals surface area contributed by atoms with E-state index >= 15 is 0 Å². The molecule has 2 aromatic heterocycles. The molecule has 400 valence electrons. The maximum Gasteiger partial charge on any atom is 0.114 e. The molecule has 0 saturated carbocycles. The van der Waals surface area contributed by atoms with Gasteiger partial charge >= 0.3 is 0 Å². The fourth-order valence-electron chi connectivity index (χ4n) is 13.5. The van der Waals surface area contributed by atoms with Crippen molar-refractivity contribution in [3.05, 3.63) is 303 Å². The number of fused-ring (bicyclic) bond motifs is 6. The summed E-state index contributed by atoms with van der Waals surface area (Å²) in [6.45, 7) is 4.27. The van der Waals surface area contributed by atoms with Gasteiger partial charge in [0.05, 0.1) is 22.1 Å². The molecule has 16 rings (SSSR count). The van der Waals surface area contributed by atoms with E-state index in [-0.39, 0.29) is 0 Å². The molecule has 0 aliphatic carbocycles. The summed E-state index contributed by atoms with van der Waals surface area (Å²) in [5, 5.41) is 9.66. The molecule has 4 nitrogen and oxygen atoms in total. The molecule has 16 aromatic rings. The normalized spacial score (nSPS) is 11.7. The molecule has 0 spiro atoms. The number of aryl methyl sites for hydroxylation is 2. The number of hydrogen-bond donors (Lipinski definition) is 0. The minimum absolute atomic E-state index is 0.827. The number of hydrogen-bond acceptors (Lipinski definition) is 2. The highest BCUT2D eigenvalue weighted by atomic mass is 15.1. The van der Waals surface area contributed by atoms with Crippen molar-refractivity contribution < 1.29 is 0 Å². The monoisotopic (exact) mass is 1080 g/mol. The van der Waals surface area contributed by atoms with Crippen LogP contribution in [0.3, 0.4) is 0 Å². The third kappa shape index (κ3) is 8.44. The Morgan fingerprint density at radius 3 is 1.00 bits per heavy atom. The van der Waals surface area contributed by atoms with Gasteiger partial charge < -0.3 is 0 Å². The smallest absolute Gasteiger partial charge is 0.114 e. The summed E-state index contributed by atoms with van der Waals surface area (Å²) in [7, 11) is 0. The zero-order chi connectivity index (χ0) is 56.5. The van der Waals surface area contributed by atoms with Gasteiger partial charge in [-0.15, -0.1) is 0 Å². The van der Waals surface area contributed by atoms with E-state index in [4.69, 9.17) is 9.97 Å². The Bertz CT molecular complexity index is 5230. The van der Waals surface area contributed by atoms with Crippen molar-refractivity contribution in [3.8, 4) is 89.3 Å². The molecular weight excluding hydrogens is 1030 g/mol. The lowest BCUT2D eigenvalue weighted by molar-refractivity contribution is 0.908. The van der Waals surface area contributed by atoms with Gasteiger partial charge in [0.1, 0.15) is 11.6 Å². The molecule has 0 fully saturated rings. The molecule has 0 aliphatic heterocycles. The van der Waals surface area contributed by atoms with Crippen LogP contribution in [0.5, 0.6) is 0 Å². The molecule has 14 aromatic carbocycles. The van der Waals surface area contributed by atoms with Crippen LogP contribution in [0.2, 0.25) is 0 Å². The van der Waals surface area contributed by atoms with Gasteiger partial charge in [0, 0.05) is 17.8 Å². The Kier molecular flexibility index (Phi) is 12.0. The largest absolute Gasteiger partial charge is 0.297 e. The zero-order valence-electron chi connectivity index (χ0n) is 47.2. The first kappa shape index (κ1) is 49.8. The van der Waals surface area contributed by atoms with Crippen molar-refractivity contribution in [1.29, 1.82) is 0 Å². The molecule has 0 radical (unpaired) electrons. The van der Waals surface area contributed by atoms with E-state index in [9.17, 15) is 0 Å². The maximum atomic E-state index is 5.04. The Morgan fingerprint density at radius 2 is 0.565 bits per heavy atom. The van der Waals surface area contributed by atoms with E-state index in [1.54, 1.807) is 0 Å². The fraction of sp³-hybridized carbons (Fsp3) is 0.0370. The van der Waals surface area contributed by atoms with Gasteiger partial charge in [-0.1, -0.05) is 237 Å². The molecule has 0 atom stereocenters. The Hall–Kier alpha value is -10.9. The van der Waals surface area contributed by atoms with Gasteiger partial charge in [-0.2, -0.15) is 0 Å². The molecule has 2 heterocycles. The lowest BCUT2D eigenvalue weighted by atomic mass is 9.83. The fourth-order valence-corrected chi connectivity index (χ4v) is 13.5. The maximum absolute atomic E-state index is 5.04. The van der Waals surface area contributed by atoms with E-state index in [1.165, 1.54) is 98.7 Å². The molecule has 85 heavy (non-hydrogen) atoms. The summed E-state index contributed by atoms with van der Waals surface area (Å²) in [5.74, 6) is 2.01. The molecule has 0 amide bonds. The zero-order valence-corrected chi connectivity index (χ0v) is 47.2. The van der Waals surface area contributed by atoms with E-state index < -0.39 is 0 Å². The first-order valence-electron chi connectivity index (χ1n) is 29.4. The number of aromatic nitrogens is 4. The number of rotatable bonds is 10. The van der Waals surface area contributed by atoms with E-state index in [1.807, 2.05) is 0 Å². The van der Waals surface area contributed by atoms with Crippen molar-refractivity contribution in [3.63, 3.8) is 0 Å². The minimum atomic E-state index is 0.827. The van der Waals surface area contributed by atoms with Crippen LogP contribution in [-0.2, 0) is 6.42 Å². The van der Waals surface area contributed by atoms with Gasteiger partial charge in [-0.3, -0.25) is 9.13 Å². The van der Waals surface area contributed by atoms with Crippen molar-refractivity contribution >= 4 is 65.2 Å². The SMILES string of the molecule is CCc1nc2ccccc2n1-c1ccc(-c2c3ccccc3c(-c3ccc(-c4ccccc4)cc3)c3ccc(-c4ccc5c(-c6ccc(-c7ccccc7)cc6)c6ccccc6c(-c6ccc(-n7c(C)nc8ccccc87)cc6)c5c4)cc23)cc1. The standard InChI is InChI=1S/C81H56N4/c1-3-77-83-74-27-15-17-29-76(74)85(77)64-46-40-60(41-47-64)81-68-25-13-11-23-66(68)79(58-36-32-56(33-37-58)54-20-8-5-9-21-54)70-49-43-62(51-72(70)81)61-42-48-69-71(50-61)80(59-38-44-63(45-39-59)84-52(2)82-73-26-14-16-28-75(73)84)67-24-12-10-22-65(67)78(69)57-34-30-55(31-35-57)53-18-6-4-7-19-53/h4-51H,3H2,1-2H3. The van der Waals surface area contributed by atoms with Gasteiger partial charge in [-0.05, 0) is 189 Å². The second-order valence-electron chi connectivity index (χ2n) is 22.3. The number of benzene rings is 14. The van der Waals surface area contributed by atoms with Crippen LogP contribution in [0, 0.1) is 6.92 Å². The van der Waals surface area contributed by atoms with Crippen molar-refractivity contribution in [2.45, 2.75) is 20.3 Å². The number of imidazole rings is 2. The molecule has 0 bridgehead atoms. The highest BCUT2D eigenvalue weighted by Gasteiger charge is 2.22. The van der Waals surface area contributed by atoms with Gasteiger partial charge in [-0.25, -0.2) is 9.97 Å². The first-order valence-corrected chi connectivity index (χ1v) is 29.4. The number of para-hydroxylation sites is 4. The Balaban J connectivity index is 0.918. The molecule has 0 saturated heterocycles. The molecule has 0 aliphatic rings. The average Bonchev–Trinajstić information content (AvgIpc) is 1.92. The van der Waals surface area contributed by atoms with Gasteiger partial charge in [0.2, 0.25) is 0 Å². The summed E-state index contributed by atoms with van der Waals surface area (Å²) in [4.78, 5) is 9.97. The van der Waals surface area contributed by atoms with Crippen LogP contribution in [0.1, 0.15) is 18.6 Å². The predicted octanol–water partition coefficient (Wildman–Crippen LogP) is 21.5. The Morgan fingerprint density at radius 1 is 0.259 bits per heavy atom. The highest BCUT2D eigenvalue weighted by molar-refractivity contribution is 6.24. The van der Waals surface area contributed by atoms with E-state index in [2.05, 4.69) is 314 Å². The van der Waals surface area contributed by atoms with Crippen molar-refractivity contribution in [2.24, 2.45) is 0 Å². The Labute approximate surface area is 493 Å². The molecular formula is C81H56N4. The summed E-state index contributed by atoms with van der Waals surface area (Å²) >= 11 is 0. The van der Waals surface area contributed by atoms with Crippen LogP contribution >= 0.6 is 0 Å². The van der Waals surface area contributed by atoms with E-state index in [0.29, 0.717) is 0 Å². The average molecular weight is 1090 g/mol. The van der Waals surface area contributed by atoms with Crippen LogP contribution in [0.4, 0.5) is 0 Å². The molecule has 4 heteroatoms. The highest BCUT2D eigenvalue weighted by Crippen LogP contribution is 2.48. The van der Waals surface area contributed by atoms with Gasteiger partial charge in [0.25, 0.3) is 0 Å². The summed E-state index contributed by atoms with van der Waals surface area (Å²) in [6, 6.07) is 107. The van der Waals surface area contributed by atoms with Crippen molar-refractivity contribution in [1.82, 2.24) is 19.1 Å². The first-order chi connectivity index (χ1) is 42.0. The second-order valence-corrected chi connectivity index (χ2v) is 22.3. The lowest BCUT2D eigenvalue weighted by Gasteiger charge is -2.20. The van der Waals surface area contributed by atoms with Crippen LogP contribution in [-0.4, -0.2) is 19.1 Å². The topological polar surface area (TPSA) is 35.6 Å². The lowest BCUT2D eigenvalue weighted by Crippen LogP contribution is -2.00. The molecule has 0 unspecified atom stereocenters. The van der Waals surface area contributed by atoms with E-state index in [0.717, 1.165) is 73.8 Å². The molecule has 0 N–H and O–H groups in total. The quantitative estimate of drug-likeness (QED) is 0.128. The summed E-state index contributed by atoms with van der Waals surface area (Å²) < 4.78 is 4.57. The minimum Gasteiger partial charge on any atom is -0.297 e. The van der Waals surface area contributed by atoms with Crippen molar-refractivity contribution in [2.75, 3.05) is 0 Å². The summed E-state index contributed by atoms with van der Waals surface area (Å²) in [5.41, 5.74) is 23.1. The number of nitrogens with zero attached hydrogens (tertiary/aromatic N) is 4. The van der Waals surface area contributed by atoms with Gasteiger partial charge in [0.15, 0.2) is 0 Å². The third-order valence-corrected chi connectivity index (χ3v) is 17.4. The summed E-state index contributed by atoms with van der Waals surface area (Å²) in [6.07, 6.45) is 0.827. The van der Waals surface area contributed by atoms with Crippen LogP contribution in [0.15, 0.2) is 291 Å². The third-order valence-electron chi connectivity index (χ3n) is 17.4. The van der Waals surface area contributed by atoms with Crippen LogP contribution in [0.25, 0.3) is 154 Å².